The molecular weight excluding hydrogens is 387 g/mol. The molecular formula is C15H14BrFN2O3S. The second-order valence-corrected chi connectivity index (χ2v) is 7.29. The Balaban J connectivity index is 2.31. The Hall–Kier alpha value is -1.77. The molecule has 2 aromatic carbocycles. The van der Waals surface area contributed by atoms with Crippen LogP contribution in [0.4, 0.5) is 10.1 Å². The van der Waals surface area contributed by atoms with Gasteiger partial charge in [-0.2, -0.15) is 0 Å². The SMILES string of the molecule is CCNS(=O)(=O)c1ccc(F)c(C(=O)Nc2ccc(Br)cc2)c1. The van der Waals surface area contributed by atoms with Crippen LogP contribution in [0.15, 0.2) is 51.8 Å². The summed E-state index contributed by atoms with van der Waals surface area (Å²) in [6, 6.07) is 9.81. The molecule has 0 saturated carbocycles. The minimum Gasteiger partial charge on any atom is -0.322 e. The molecule has 0 saturated heterocycles. The first kappa shape index (κ1) is 17.6. The largest absolute Gasteiger partial charge is 0.322 e. The van der Waals surface area contributed by atoms with Crippen LogP contribution in [0.3, 0.4) is 0 Å². The lowest BCUT2D eigenvalue weighted by atomic mass is 10.2. The summed E-state index contributed by atoms with van der Waals surface area (Å²) in [5.74, 6) is -1.52. The fraction of sp³-hybridized carbons (Fsp3) is 0.133. The standard InChI is InChI=1S/C15H14BrFN2O3S/c1-2-18-23(21,22)12-7-8-14(17)13(9-12)15(20)19-11-5-3-10(16)4-6-11/h3-9,18H,2H2,1H3,(H,19,20). The number of sulfonamides is 1. The van der Waals surface area contributed by atoms with E-state index in [1.165, 1.54) is 0 Å². The van der Waals surface area contributed by atoms with Crippen LogP contribution in [0.5, 0.6) is 0 Å². The van der Waals surface area contributed by atoms with Gasteiger partial charge in [0.25, 0.3) is 5.91 Å². The van der Waals surface area contributed by atoms with Gasteiger partial charge in [-0.25, -0.2) is 17.5 Å². The Morgan fingerprint density at radius 3 is 2.43 bits per heavy atom. The van der Waals surface area contributed by atoms with Crippen molar-refractivity contribution in [2.24, 2.45) is 0 Å². The summed E-state index contributed by atoms with van der Waals surface area (Å²) in [6.07, 6.45) is 0. The highest BCUT2D eigenvalue weighted by molar-refractivity contribution is 9.10. The average Bonchev–Trinajstić information content (AvgIpc) is 2.49. The molecule has 0 fully saturated rings. The van der Waals surface area contributed by atoms with E-state index in [1.807, 2.05) is 0 Å². The summed E-state index contributed by atoms with van der Waals surface area (Å²) < 4.78 is 40.9. The zero-order valence-electron chi connectivity index (χ0n) is 12.1. The zero-order valence-corrected chi connectivity index (χ0v) is 14.5. The predicted molar refractivity (Wildman–Crippen MR) is 89.4 cm³/mol. The molecule has 0 radical (unpaired) electrons. The monoisotopic (exact) mass is 400 g/mol. The average molecular weight is 401 g/mol. The quantitative estimate of drug-likeness (QED) is 0.809. The van der Waals surface area contributed by atoms with E-state index in [2.05, 4.69) is 26.0 Å². The van der Waals surface area contributed by atoms with Crippen LogP contribution in [0.25, 0.3) is 0 Å². The van der Waals surface area contributed by atoms with Gasteiger partial charge in [0.1, 0.15) is 5.82 Å². The highest BCUT2D eigenvalue weighted by Crippen LogP contribution is 2.18. The Bertz CT molecular complexity index is 823. The molecule has 0 aromatic heterocycles. The van der Waals surface area contributed by atoms with Crippen LogP contribution in [-0.2, 0) is 10.0 Å². The smallest absolute Gasteiger partial charge is 0.258 e. The highest BCUT2D eigenvalue weighted by Gasteiger charge is 2.19. The number of rotatable bonds is 5. The third-order valence-corrected chi connectivity index (χ3v) is 5.00. The number of anilines is 1. The minimum absolute atomic E-state index is 0.165. The van der Waals surface area contributed by atoms with E-state index in [0.29, 0.717) is 5.69 Å². The number of carbonyl (C=O) groups is 1. The first-order valence-electron chi connectivity index (χ1n) is 6.69. The van der Waals surface area contributed by atoms with Gasteiger partial charge in [0.2, 0.25) is 10.0 Å². The summed E-state index contributed by atoms with van der Waals surface area (Å²) in [6.45, 7) is 1.82. The van der Waals surface area contributed by atoms with Crippen molar-refractivity contribution >= 4 is 37.5 Å². The third-order valence-electron chi connectivity index (χ3n) is 2.93. The van der Waals surface area contributed by atoms with Crippen molar-refractivity contribution in [3.63, 3.8) is 0 Å². The topological polar surface area (TPSA) is 75.3 Å². The maximum Gasteiger partial charge on any atom is 0.258 e. The lowest BCUT2D eigenvalue weighted by Crippen LogP contribution is -2.24. The van der Waals surface area contributed by atoms with Gasteiger partial charge in [0, 0.05) is 16.7 Å². The molecule has 0 atom stereocenters. The van der Waals surface area contributed by atoms with Crippen molar-refractivity contribution < 1.29 is 17.6 Å². The first-order chi connectivity index (χ1) is 10.8. The summed E-state index contributed by atoms with van der Waals surface area (Å²) in [5.41, 5.74) is 0.129. The molecule has 2 rings (SSSR count). The molecule has 122 valence electrons. The lowest BCUT2D eigenvalue weighted by molar-refractivity contribution is 0.102. The molecule has 5 nitrogen and oxygen atoms in total. The van der Waals surface area contributed by atoms with Crippen molar-refractivity contribution in [3.8, 4) is 0 Å². The van der Waals surface area contributed by atoms with Crippen LogP contribution in [0.1, 0.15) is 17.3 Å². The highest BCUT2D eigenvalue weighted by atomic mass is 79.9. The normalized spacial score (nSPS) is 11.3. The minimum atomic E-state index is -3.76. The Morgan fingerprint density at radius 2 is 1.83 bits per heavy atom. The van der Waals surface area contributed by atoms with Crippen LogP contribution in [-0.4, -0.2) is 20.9 Å². The summed E-state index contributed by atoms with van der Waals surface area (Å²) in [5, 5.41) is 2.52. The number of amides is 1. The maximum absolute atomic E-state index is 13.9. The predicted octanol–water partition coefficient (Wildman–Crippen LogP) is 3.14. The first-order valence-corrected chi connectivity index (χ1v) is 8.97. The van der Waals surface area contributed by atoms with E-state index in [0.717, 1.165) is 22.7 Å². The molecule has 23 heavy (non-hydrogen) atoms. The van der Waals surface area contributed by atoms with Gasteiger partial charge in [0.15, 0.2) is 0 Å². The summed E-state index contributed by atoms with van der Waals surface area (Å²) >= 11 is 3.27. The number of nitrogens with one attached hydrogen (secondary N) is 2. The van der Waals surface area contributed by atoms with Crippen LogP contribution >= 0.6 is 15.9 Å². The van der Waals surface area contributed by atoms with E-state index in [9.17, 15) is 17.6 Å². The number of halogens is 2. The number of hydrogen-bond acceptors (Lipinski definition) is 3. The van der Waals surface area contributed by atoms with Crippen molar-refractivity contribution in [2.75, 3.05) is 11.9 Å². The molecule has 0 bridgehead atoms. The molecule has 0 heterocycles. The second-order valence-electron chi connectivity index (χ2n) is 4.60. The molecule has 2 N–H and O–H groups in total. The van der Waals surface area contributed by atoms with Gasteiger partial charge >= 0.3 is 0 Å². The Morgan fingerprint density at radius 1 is 1.17 bits per heavy atom. The van der Waals surface area contributed by atoms with Crippen molar-refractivity contribution in [3.05, 3.63) is 58.3 Å². The Kier molecular flexibility index (Phi) is 5.51. The van der Waals surface area contributed by atoms with E-state index in [-0.39, 0.29) is 17.0 Å². The lowest BCUT2D eigenvalue weighted by Gasteiger charge is -2.09. The molecule has 0 aliphatic carbocycles. The van der Waals surface area contributed by atoms with Crippen molar-refractivity contribution in [1.82, 2.24) is 4.72 Å². The van der Waals surface area contributed by atoms with Crippen molar-refractivity contribution in [2.45, 2.75) is 11.8 Å². The Labute approximate surface area is 142 Å². The van der Waals surface area contributed by atoms with Crippen molar-refractivity contribution in [1.29, 1.82) is 0 Å². The second kappa shape index (κ2) is 7.20. The van der Waals surface area contributed by atoms with E-state index in [1.54, 1.807) is 31.2 Å². The molecule has 0 aliphatic heterocycles. The van der Waals surface area contributed by atoms with Gasteiger partial charge < -0.3 is 5.32 Å². The van der Waals surface area contributed by atoms with Crippen LogP contribution < -0.4 is 10.0 Å². The number of carbonyl (C=O) groups excluding carboxylic acids is 1. The fourth-order valence-electron chi connectivity index (χ4n) is 1.85. The van der Waals surface area contributed by atoms with Gasteiger partial charge in [-0.05, 0) is 42.5 Å². The van der Waals surface area contributed by atoms with Gasteiger partial charge in [0.05, 0.1) is 10.5 Å². The van der Waals surface area contributed by atoms with Gasteiger partial charge in [-0.1, -0.05) is 22.9 Å². The van der Waals surface area contributed by atoms with E-state index in [4.69, 9.17) is 0 Å². The molecule has 0 unspecified atom stereocenters. The van der Waals surface area contributed by atoms with E-state index >= 15 is 0 Å². The molecule has 8 heteroatoms. The molecule has 2 aromatic rings. The van der Waals surface area contributed by atoms with Gasteiger partial charge in [-0.15, -0.1) is 0 Å². The van der Waals surface area contributed by atoms with Crippen LogP contribution in [0.2, 0.25) is 0 Å². The maximum atomic E-state index is 13.9. The fourth-order valence-corrected chi connectivity index (χ4v) is 3.18. The molecule has 0 aliphatic rings. The molecule has 1 amide bonds. The van der Waals surface area contributed by atoms with Gasteiger partial charge in [-0.3, -0.25) is 4.79 Å². The summed E-state index contributed by atoms with van der Waals surface area (Å²) in [7, 11) is -3.76. The molecule has 0 spiro atoms. The third kappa shape index (κ3) is 4.37. The zero-order chi connectivity index (χ0) is 17.0. The van der Waals surface area contributed by atoms with Crippen LogP contribution in [0, 0.1) is 5.82 Å². The summed E-state index contributed by atoms with van der Waals surface area (Å²) in [4.78, 5) is 12.0. The van der Waals surface area contributed by atoms with E-state index < -0.39 is 21.7 Å². The number of benzene rings is 2. The number of hydrogen-bond donors (Lipinski definition) is 2.